The van der Waals surface area contributed by atoms with Gasteiger partial charge in [-0.2, -0.15) is 10.2 Å². The van der Waals surface area contributed by atoms with Crippen molar-refractivity contribution in [2.24, 2.45) is 13.0 Å². The third kappa shape index (κ3) is 4.64. The van der Waals surface area contributed by atoms with Crippen LogP contribution in [0.15, 0.2) is 30.7 Å². The molecule has 1 N–H and O–H groups in total. The molecule has 0 radical (unpaired) electrons. The fourth-order valence-electron chi connectivity index (χ4n) is 5.39. The maximum Gasteiger partial charge on any atom is 0.222 e. The number of hydrogen-bond donors (Lipinski definition) is 1. The third-order valence-corrected chi connectivity index (χ3v) is 7.42. The molecule has 4 bridgehead atoms. The van der Waals surface area contributed by atoms with Gasteiger partial charge in [-0.25, -0.2) is 24.0 Å². The molecule has 0 amide bonds. The van der Waals surface area contributed by atoms with Gasteiger partial charge in [-0.05, 0) is 32.4 Å². The van der Waals surface area contributed by atoms with E-state index in [4.69, 9.17) is 14.8 Å². The molecule has 0 aromatic carbocycles. The lowest BCUT2D eigenvalue weighted by molar-refractivity contribution is 0.260. The summed E-state index contributed by atoms with van der Waals surface area (Å²) in [5.74, 6) is 3.92. The van der Waals surface area contributed by atoms with Gasteiger partial charge in [-0.1, -0.05) is 0 Å². The molecular formula is C26H33FN10O. The van der Waals surface area contributed by atoms with Crippen molar-refractivity contribution in [2.75, 3.05) is 56.7 Å². The normalized spacial score (nSPS) is 19.4. The molecule has 0 unspecified atom stereocenters. The lowest BCUT2D eigenvalue weighted by Crippen LogP contribution is -2.29. The summed E-state index contributed by atoms with van der Waals surface area (Å²) < 4.78 is 22.8. The molecule has 0 spiro atoms. The van der Waals surface area contributed by atoms with E-state index in [0.717, 1.165) is 54.8 Å². The second-order valence-electron chi connectivity index (χ2n) is 10.3. The zero-order chi connectivity index (χ0) is 26.2. The summed E-state index contributed by atoms with van der Waals surface area (Å²) in [6.45, 7) is 5.51. The second kappa shape index (κ2) is 10.2. The third-order valence-electron chi connectivity index (χ3n) is 7.42. The van der Waals surface area contributed by atoms with Gasteiger partial charge in [0.05, 0.1) is 29.7 Å². The number of halogens is 1. The number of hydrogen-bond acceptors (Lipinski definition) is 9. The van der Waals surface area contributed by atoms with E-state index in [2.05, 4.69) is 41.8 Å². The van der Waals surface area contributed by atoms with Crippen LogP contribution in [0.1, 0.15) is 25.8 Å². The first-order valence-corrected chi connectivity index (χ1v) is 13.1. The Morgan fingerprint density at radius 1 is 1.21 bits per heavy atom. The molecule has 1 saturated heterocycles. The summed E-state index contributed by atoms with van der Waals surface area (Å²) in [5, 5.41) is 13.8. The zero-order valence-corrected chi connectivity index (χ0v) is 22.0. The Bertz CT molecular complexity index is 1430. The van der Waals surface area contributed by atoms with Crippen LogP contribution in [-0.2, 0) is 7.05 Å². The lowest BCUT2D eigenvalue weighted by Gasteiger charge is -2.20. The molecule has 11 nitrogen and oxygen atoms in total. The van der Waals surface area contributed by atoms with E-state index >= 15 is 0 Å². The first kappa shape index (κ1) is 24.5. The summed E-state index contributed by atoms with van der Waals surface area (Å²) in [6.07, 6.45) is 7.15. The van der Waals surface area contributed by atoms with Gasteiger partial charge in [-0.3, -0.25) is 4.68 Å². The number of fused-ring (bicyclic) bond motifs is 5. The molecule has 12 heteroatoms. The van der Waals surface area contributed by atoms with E-state index in [1.165, 1.54) is 0 Å². The van der Waals surface area contributed by atoms with Gasteiger partial charge in [0.15, 0.2) is 11.6 Å². The van der Waals surface area contributed by atoms with E-state index in [-0.39, 0.29) is 12.7 Å². The van der Waals surface area contributed by atoms with Gasteiger partial charge in [0.1, 0.15) is 23.9 Å². The van der Waals surface area contributed by atoms with Crippen LogP contribution >= 0.6 is 0 Å². The molecule has 0 aliphatic carbocycles. The standard InChI is InChI=1S/C26H33FN10O/c1-17-6-11-38-26-20(14-30-35(26)3)24-28-8-4-22(32-24)31-23-12-21-19(13-29-23)25(33-37(17)21)36-9-5-18(16-36)15-34(2)10-7-27/h4,8,12-14,17-18H,5-7,9-11,15-16H2,1-3H3,(H,28,29,31,32)/t17-,18-/m0/s1. The molecule has 6 heterocycles. The number of ether oxygens (including phenoxy) is 1. The van der Waals surface area contributed by atoms with Crippen molar-refractivity contribution in [3.8, 4) is 17.3 Å². The Balaban J connectivity index is 1.35. The predicted octanol–water partition coefficient (Wildman–Crippen LogP) is 3.44. The van der Waals surface area contributed by atoms with Crippen molar-refractivity contribution in [1.29, 1.82) is 0 Å². The maximum atomic E-state index is 12.8. The molecule has 4 aromatic rings. The Kier molecular flexibility index (Phi) is 6.56. The Labute approximate surface area is 220 Å². The van der Waals surface area contributed by atoms with Crippen LogP contribution in [0.5, 0.6) is 5.88 Å². The second-order valence-corrected chi connectivity index (χ2v) is 10.3. The predicted molar refractivity (Wildman–Crippen MR) is 144 cm³/mol. The number of alkyl halides is 1. The monoisotopic (exact) mass is 520 g/mol. The van der Waals surface area contributed by atoms with Gasteiger partial charge in [0, 0.05) is 58.1 Å². The van der Waals surface area contributed by atoms with Crippen molar-refractivity contribution >= 4 is 28.4 Å². The van der Waals surface area contributed by atoms with Crippen LogP contribution in [0.3, 0.4) is 0 Å². The van der Waals surface area contributed by atoms with Crippen molar-refractivity contribution in [3.05, 3.63) is 30.7 Å². The largest absolute Gasteiger partial charge is 0.477 e. The van der Waals surface area contributed by atoms with E-state index in [1.54, 1.807) is 17.1 Å². The van der Waals surface area contributed by atoms with Crippen LogP contribution in [0.2, 0.25) is 0 Å². The highest BCUT2D eigenvalue weighted by molar-refractivity contribution is 5.92. The molecule has 1 fully saturated rings. The van der Waals surface area contributed by atoms with Gasteiger partial charge in [0.25, 0.3) is 0 Å². The fraction of sp³-hybridized carbons (Fsp3) is 0.500. The number of aryl methyl sites for hydroxylation is 1. The van der Waals surface area contributed by atoms with Crippen LogP contribution in [0, 0.1) is 5.92 Å². The summed E-state index contributed by atoms with van der Waals surface area (Å²) >= 11 is 0. The van der Waals surface area contributed by atoms with E-state index in [9.17, 15) is 4.39 Å². The number of rotatable bonds is 5. The van der Waals surface area contributed by atoms with Crippen LogP contribution in [0.25, 0.3) is 22.3 Å². The first-order chi connectivity index (χ1) is 18.5. The number of anilines is 3. The van der Waals surface area contributed by atoms with E-state index in [0.29, 0.717) is 42.4 Å². The number of pyridine rings is 1. The Morgan fingerprint density at radius 3 is 2.97 bits per heavy atom. The summed E-state index contributed by atoms with van der Waals surface area (Å²) in [4.78, 5) is 18.3. The van der Waals surface area contributed by atoms with E-state index in [1.807, 2.05) is 32.4 Å². The molecule has 38 heavy (non-hydrogen) atoms. The summed E-state index contributed by atoms with van der Waals surface area (Å²) in [6, 6.07) is 3.94. The molecule has 2 atom stereocenters. The first-order valence-electron chi connectivity index (χ1n) is 13.1. The lowest BCUT2D eigenvalue weighted by atomic mass is 10.1. The van der Waals surface area contributed by atoms with E-state index < -0.39 is 0 Å². The highest BCUT2D eigenvalue weighted by atomic mass is 19.1. The average Bonchev–Trinajstić information content (AvgIpc) is 3.61. The van der Waals surface area contributed by atoms with Crippen LogP contribution < -0.4 is 15.0 Å². The molecule has 200 valence electrons. The molecular weight excluding hydrogens is 487 g/mol. The summed E-state index contributed by atoms with van der Waals surface area (Å²) in [7, 11) is 3.84. The topological polar surface area (TPSA) is 102 Å². The van der Waals surface area contributed by atoms with Gasteiger partial charge >= 0.3 is 0 Å². The van der Waals surface area contributed by atoms with Crippen LogP contribution in [0.4, 0.5) is 21.8 Å². The average molecular weight is 521 g/mol. The SMILES string of the molecule is C[C@H]1CCOc2c(cnn2C)-c2nccc(n2)Nc2cc3c(cn2)c(N2CC[C@@H](CN(C)CCF)C2)nn31. The molecule has 6 rings (SSSR count). The minimum absolute atomic E-state index is 0.0873. The fourth-order valence-corrected chi connectivity index (χ4v) is 5.39. The smallest absolute Gasteiger partial charge is 0.222 e. The van der Waals surface area contributed by atoms with Crippen molar-refractivity contribution < 1.29 is 9.13 Å². The quantitative estimate of drug-likeness (QED) is 0.424. The van der Waals surface area contributed by atoms with Gasteiger partial charge < -0.3 is 19.9 Å². The molecule has 2 aliphatic rings. The molecule has 2 aliphatic heterocycles. The number of aromatic nitrogens is 7. The van der Waals surface area contributed by atoms with Gasteiger partial charge in [0.2, 0.25) is 5.88 Å². The Morgan fingerprint density at radius 2 is 2.11 bits per heavy atom. The molecule has 0 saturated carbocycles. The summed E-state index contributed by atoms with van der Waals surface area (Å²) in [5.41, 5.74) is 1.75. The van der Waals surface area contributed by atoms with Crippen molar-refractivity contribution in [3.63, 3.8) is 0 Å². The highest BCUT2D eigenvalue weighted by Gasteiger charge is 2.28. The highest BCUT2D eigenvalue weighted by Crippen LogP contribution is 2.35. The van der Waals surface area contributed by atoms with Crippen molar-refractivity contribution in [1.82, 2.24) is 39.4 Å². The van der Waals surface area contributed by atoms with Crippen LogP contribution in [-0.4, -0.2) is 85.9 Å². The minimum Gasteiger partial charge on any atom is -0.477 e. The Hall–Kier alpha value is -3.80. The number of nitrogens with zero attached hydrogens (tertiary/aromatic N) is 9. The van der Waals surface area contributed by atoms with Gasteiger partial charge in [-0.15, -0.1) is 0 Å². The molecule has 4 aromatic heterocycles. The number of nitrogens with one attached hydrogen (secondary N) is 1. The maximum absolute atomic E-state index is 12.8. The van der Waals surface area contributed by atoms with Crippen molar-refractivity contribution in [2.45, 2.75) is 25.8 Å². The minimum atomic E-state index is -0.316. The zero-order valence-electron chi connectivity index (χ0n) is 22.0.